The van der Waals surface area contributed by atoms with Crippen molar-refractivity contribution in [3.8, 4) is 0 Å². The van der Waals surface area contributed by atoms with E-state index in [2.05, 4.69) is 5.32 Å². The van der Waals surface area contributed by atoms with Crippen LogP contribution in [0.15, 0.2) is 18.2 Å². The highest BCUT2D eigenvalue weighted by Crippen LogP contribution is 2.29. The lowest BCUT2D eigenvalue weighted by Gasteiger charge is -2.28. The van der Waals surface area contributed by atoms with E-state index in [1.165, 1.54) is 0 Å². The number of halogens is 1. The first kappa shape index (κ1) is 16.1. The van der Waals surface area contributed by atoms with Gasteiger partial charge in [-0.3, -0.25) is 9.69 Å². The molecular weight excluding hydrogens is 290 g/mol. The quantitative estimate of drug-likeness (QED) is 0.728. The van der Waals surface area contributed by atoms with Gasteiger partial charge in [0.15, 0.2) is 0 Å². The van der Waals surface area contributed by atoms with Crippen LogP contribution in [-0.2, 0) is 4.79 Å². The molecule has 1 aromatic rings. The zero-order valence-corrected chi connectivity index (χ0v) is 13.0. The van der Waals surface area contributed by atoms with E-state index < -0.39 is 5.60 Å². The number of nitrogen functional groups attached to an aromatic ring is 1. The number of nitrogens with zero attached hydrogens (tertiary/aromatic N) is 1. The van der Waals surface area contributed by atoms with Crippen molar-refractivity contribution < 1.29 is 9.90 Å². The second-order valence-corrected chi connectivity index (χ2v) is 6.32. The fraction of sp³-hybridized carbons (Fsp3) is 0.533. The highest BCUT2D eigenvalue weighted by molar-refractivity contribution is 6.31. The van der Waals surface area contributed by atoms with Gasteiger partial charge in [0.25, 0.3) is 0 Å². The molecule has 6 heteroatoms. The van der Waals surface area contributed by atoms with Gasteiger partial charge in [0, 0.05) is 11.6 Å². The molecule has 1 fully saturated rings. The number of carbonyl (C=O) groups is 1. The summed E-state index contributed by atoms with van der Waals surface area (Å²) in [5.41, 5.74) is 6.15. The summed E-state index contributed by atoms with van der Waals surface area (Å²) < 4.78 is 0. The first-order valence-corrected chi connectivity index (χ1v) is 7.52. The summed E-state index contributed by atoms with van der Waals surface area (Å²) in [4.78, 5) is 13.9. The third kappa shape index (κ3) is 4.59. The summed E-state index contributed by atoms with van der Waals surface area (Å²) in [6.07, 6.45) is 3.72. The number of aliphatic hydroxyl groups is 1. The Hall–Kier alpha value is -1.30. The maximum absolute atomic E-state index is 12.0. The first-order valence-electron chi connectivity index (χ1n) is 7.14. The molecule has 0 atom stereocenters. The van der Waals surface area contributed by atoms with Crippen molar-refractivity contribution in [3.05, 3.63) is 23.2 Å². The van der Waals surface area contributed by atoms with Crippen LogP contribution in [0.4, 0.5) is 11.4 Å². The molecule has 0 bridgehead atoms. The van der Waals surface area contributed by atoms with Crippen molar-refractivity contribution in [1.82, 2.24) is 4.90 Å². The molecule has 5 nitrogen and oxygen atoms in total. The number of hydrogen-bond donors (Lipinski definition) is 3. The van der Waals surface area contributed by atoms with Gasteiger partial charge in [0.1, 0.15) is 0 Å². The summed E-state index contributed by atoms with van der Waals surface area (Å²) in [5.74, 6) is -0.159. The van der Waals surface area contributed by atoms with Gasteiger partial charge in [-0.15, -0.1) is 0 Å². The van der Waals surface area contributed by atoms with Crippen LogP contribution in [0.1, 0.15) is 25.7 Å². The van der Waals surface area contributed by atoms with Gasteiger partial charge in [-0.1, -0.05) is 24.4 Å². The molecule has 0 aromatic heterocycles. The molecule has 0 radical (unpaired) electrons. The third-order valence-corrected chi connectivity index (χ3v) is 4.03. The van der Waals surface area contributed by atoms with Crippen molar-refractivity contribution in [2.45, 2.75) is 31.3 Å². The second-order valence-electron chi connectivity index (χ2n) is 5.88. The minimum absolute atomic E-state index is 0.159. The Bertz CT molecular complexity index is 516. The maximum atomic E-state index is 12.0. The Morgan fingerprint density at radius 2 is 2.14 bits per heavy atom. The molecule has 21 heavy (non-hydrogen) atoms. The van der Waals surface area contributed by atoms with E-state index in [4.69, 9.17) is 17.3 Å². The lowest BCUT2D eigenvalue weighted by Crippen LogP contribution is -2.42. The number of benzene rings is 1. The van der Waals surface area contributed by atoms with E-state index in [9.17, 15) is 9.90 Å². The standard InChI is InChI=1S/C15H22ClN3O2/c1-19(10-15(21)6-2-3-7-15)9-14(20)18-13-5-4-11(16)8-12(13)17/h4-5,8,21H,2-3,6-7,9-10,17H2,1H3,(H,18,20). The number of nitrogens with one attached hydrogen (secondary N) is 1. The van der Waals surface area contributed by atoms with Gasteiger partial charge in [-0.25, -0.2) is 0 Å². The number of nitrogens with two attached hydrogens (primary N) is 1. The average molecular weight is 312 g/mol. The molecule has 0 spiro atoms. The predicted octanol–water partition coefficient (Wildman–Crippen LogP) is 2.10. The molecule has 0 saturated heterocycles. The Morgan fingerprint density at radius 3 is 2.76 bits per heavy atom. The molecular formula is C15H22ClN3O2. The summed E-state index contributed by atoms with van der Waals surface area (Å²) in [6, 6.07) is 4.96. The average Bonchev–Trinajstić information content (AvgIpc) is 2.78. The van der Waals surface area contributed by atoms with Gasteiger partial charge in [-0.2, -0.15) is 0 Å². The Balaban J connectivity index is 1.86. The monoisotopic (exact) mass is 311 g/mol. The Labute approximate surface area is 130 Å². The molecule has 0 aliphatic heterocycles. The van der Waals surface area contributed by atoms with Crippen molar-refractivity contribution in [1.29, 1.82) is 0 Å². The number of likely N-dealkylation sites (N-methyl/N-ethyl adjacent to an activating group) is 1. The van der Waals surface area contributed by atoms with Crippen LogP contribution in [0, 0.1) is 0 Å². The predicted molar refractivity (Wildman–Crippen MR) is 85.4 cm³/mol. The molecule has 1 aliphatic rings. The molecule has 116 valence electrons. The zero-order valence-electron chi connectivity index (χ0n) is 12.2. The van der Waals surface area contributed by atoms with Crippen LogP contribution in [0.5, 0.6) is 0 Å². The first-order chi connectivity index (χ1) is 9.88. The zero-order chi connectivity index (χ0) is 15.5. The van der Waals surface area contributed by atoms with E-state index in [0.717, 1.165) is 25.7 Å². The molecule has 1 amide bonds. The number of amides is 1. The number of hydrogen-bond acceptors (Lipinski definition) is 4. The van der Waals surface area contributed by atoms with E-state index in [1.54, 1.807) is 18.2 Å². The summed E-state index contributed by atoms with van der Waals surface area (Å²) >= 11 is 5.82. The Morgan fingerprint density at radius 1 is 1.48 bits per heavy atom. The van der Waals surface area contributed by atoms with E-state index in [1.807, 2.05) is 11.9 Å². The SMILES string of the molecule is CN(CC(=O)Nc1ccc(Cl)cc1N)CC1(O)CCCC1. The summed E-state index contributed by atoms with van der Waals surface area (Å²) in [7, 11) is 1.83. The van der Waals surface area contributed by atoms with Crippen molar-refractivity contribution in [2.75, 3.05) is 31.2 Å². The molecule has 1 aliphatic carbocycles. The maximum Gasteiger partial charge on any atom is 0.238 e. The smallest absolute Gasteiger partial charge is 0.238 e. The van der Waals surface area contributed by atoms with E-state index >= 15 is 0 Å². The van der Waals surface area contributed by atoms with Crippen molar-refractivity contribution >= 4 is 28.9 Å². The lowest BCUT2D eigenvalue weighted by molar-refractivity contribution is -0.117. The number of anilines is 2. The number of carbonyl (C=O) groups excluding carboxylic acids is 1. The van der Waals surface area contributed by atoms with Gasteiger partial charge in [0.05, 0.1) is 23.5 Å². The van der Waals surface area contributed by atoms with E-state index in [-0.39, 0.29) is 12.5 Å². The fourth-order valence-corrected chi connectivity index (χ4v) is 3.01. The minimum atomic E-state index is -0.645. The lowest BCUT2D eigenvalue weighted by atomic mass is 10.0. The highest BCUT2D eigenvalue weighted by atomic mass is 35.5. The highest BCUT2D eigenvalue weighted by Gasteiger charge is 2.32. The van der Waals surface area contributed by atoms with Gasteiger partial charge in [-0.05, 0) is 38.1 Å². The van der Waals surface area contributed by atoms with Crippen LogP contribution in [-0.4, -0.2) is 41.7 Å². The molecule has 4 N–H and O–H groups in total. The third-order valence-electron chi connectivity index (χ3n) is 3.80. The van der Waals surface area contributed by atoms with Crippen LogP contribution >= 0.6 is 11.6 Å². The van der Waals surface area contributed by atoms with Gasteiger partial charge >= 0.3 is 0 Å². The van der Waals surface area contributed by atoms with Crippen LogP contribution < -0.4 is 11.1 Å². The minimum Gasteiger partial charge on any atom is -0.397 e. The van der Waals surface area contributed by atoms with Crippen molar-refractivity contribution in [2.24, 2.45) is 0 Å². The van der Waals surface area contributed by atoms with E-state index in [0.29, 0.717) is 22.9 Å². The van der Waals surface area contributed by atoms with Crippen LogP contribution in [0.25, 0.3) is 0 Å². The fourth-order valence-electron chi connectivity index (χ4n) is 2.83. The molecule has 0 unspecified atom stereocenters. The normalized spacial score (nSPS) is 17.1. The molecule has 0 heterocycles. The number of rotatable bonds is 5. The summed E-state index contributed by atoms with van der Waals surface area (Å²) in [6.45, 7) is 0.723. The molecule has 1 aromatic carbocycles. The van der Waals surface area contributed by atoms with Crippen molar-refractivity contribution in [3.63, 3.8) is 0 Å². The summed E-state index contributed by atoms with van der Waals surface area (Å²) in [5, 5.41) is 13.6. The van der Waals surface area contributed by atoms with Gasteiger partial charge < -0.3 is 16.2 Å². The largest absolute Gasteiger partial charge is 0.397 e. The van der Waals surface area contributed by atoms with Crippen LogP contribution in [0.2, 0.25) is 5.02 Å². The Kier molecular flexibility index (Phi) is 5.08. The van der Waals surface area contributed by atoms with Crippen LogP contribution in [0.3, 0.4) is 0 Å². The molecule has 2 rings (SSSR count). The van der Waals surface area contributed by atoms with Gasteiger partial charge in [0.2, 0.25) is 5.91 Å². The molecule has 1 saturated carbocycles. The second kappa shape index (κ2) is 6.64. The topological polar surface area (TPSA) is 78.6 Å².